The second kappa shape index (κ2) is 4.06. The van der Waals surface area contributed by atoms with Gasteiger partial charge in [-0.3, -0.25) is 4.68 Å². The maximum atomic E-state index is 10.1. The van der Waals surface area contributed by atoms with E-state index in [9.17, 15) is 5.11 Å². The minimum Gasteiger partial charge on any atom is -0.385 e. The van der Waals surface area contributed by atoms with Crippen LogP contribution in [0.15, 0.2) is 12.3 Å². The van der Waals surface area contributed by atoms with Crippen LogP contribution in [0.2, 0.25) is 0 Å². The van der Waals surface area contributed by atoms with Gasteiger partial charge in [-0.05, 0) is 62.3 Å². The summed E-state index contributed by atoms with van der Waals surface area (Å²) in [6, 6.07) is 1.94. The summed E-state index contributed by atoms with van der Waals surface area (Å²) in [6.07, 6.45) is 9.30. The highest BCUT2D eigenvalue weighted by molar-refractivity contribution is 5.13. The first-order chi connectivity index (χ1) is 9.20. The van der Waals surface area contributed by atoms with Gasteiger partial charge in [-0.1, -0.05) is 0 Å². The van der Waals surface area contributed by atoms with Gasteiger partial charge in [-0.2, -0.15) is 5.10 Å². The van der Waals surface area contributed by atoms with Crippen molar-refractivity contribution in [3.63, 3.8) is 0 Å². The molecule has 104 valence electrons. The highest BCUT2D eigenvalue weighted by atomic mass is 16.3. The second-order valence-corrected chi connectivity index (χ2v) is 7.06. The van der Waals surface area contributed by atoms with Crippen LogP contribution in [0.5, 0.6) is 0 Å². The van der Waals surface area contributed by atoms with Crippen molar-refractivity contribution in [2.24, 2.45) is 23.5 Å². The van der Waals surface area contributed by atoms with E-state index in [1.165, 1.54) is 38.5 Å². The Morgan fingerprint density at radius 3 is 2.37 bits per heavy atom. The lowest BCUT2D eigenvalue weighted by atomic mass is 9.53. The molecule has 4 bridgehead atoms. The van der Waals surface area contributed by atoms with E-state index in [4.69, 9.17) is 5.73 Å². The first-order valence-corrected chi connectivity index (χ1v) is 7.63. The smallest absolute Gasteiger partial charge is 0.108 e. The van der Waals surface area contributed by atoms with E-state index in [0.717, 1.165) is 23.4 Å². The van der Waals surface area contributed by atoms with Crippen molar-refractivity contribution in [2.75, 3.05) is 6.54 Å². The van der Waals surface area contributed by atoms with Crippen LogP contribution in [-0.4, -0.2) is 21.4 Å². The van der Waals surface area contributed by atoms with Crippen LogP contribution < -0.4 is 5.73 Å². The highest BCUT2D eigenvalue weighted by Gasteiger charge is 2.53. The Morgan fingerprint density at radius 2 is 1.84 bits per heavy atom. The zero-order valence-corrected chi connectivity index (χ0v) is 11.3. The highest BCUT2D eigenvalue weighted by Crippen LogP contribution is 2.58. The third-order valence-electron chi connectivity index (χ3n) is 5.69. The largest absolute Gasteiger partial charge is 0.385 e. The molecular weight excluding hydrogens is 238 g/mol. The minimum absolute atomic E-state index is 0.184. The molecule has 5 rings (SSSR count). The quantitative estimate of drug-likeness (QED) is 0.872. The number of aliphatic hydroxyl groups is 1. The predicted molar refractivity (Wildman–Crippen MR) is 72.4 cm³/mol. The SMILES string of the molecule is NCC(O)c1ccnn1C12CC3CC(CC(C3)C1)C2. The fourth-order valence-electron chi connectivity index (χ4n) is 5.41. The lowest BCUT2D eigenvalue weighted by Crippen LogP contribution is -2.52. The molecule has 4 fully saturated rings. The first kappa shape index (κ1) is 11.9. The Labute approximate surface area is 114 Å². The molecule has 1 aromatic heterocycles. The average Bonchev–Trinajstić information content (AvgIpc) is 2.86. The molecule has 3 N–H and O–H groups in total. The topological polar surface area (TPSA) is 64.1 Å². The van der Waals surface area contributed by atoms with Gasteiger partial charge in [0.2, 0.25) is 0 Å². The lowest BCUT2D eigenvalue weighted by Gasteiger charge is -2.57. The van der Waals surface area contributed by atoms with Crippen LogP contribution >= 0.6 is 0 Å². The van der Waals surface area contributed by atoms with Gasteiger partial charge in [0.25, 0.3) is 0 Å². The fraction of sp³-hybridized carbons (Fsp3) is 0.800. The zero-order valence-electron chi connectivity index (χ0n) is 11.3. The molecule has 0 radical (unpaired) electrons. The van der Waals surface area contributed by atoms with E-state index >= 15 is 0 Å². The lowest BCUT2D eigenvalue weighted by molar-refractivity contribution is -0.0534. The van der Waals surface area contributed by atoms with Gasteiger partial charge in [-0.25, -0.2) is 0 Å². The number of hydrogen-bond acceptors (Lipinski definition) is 3. The van der Waals surface area contributed by atoms with Crippen molar-refractivity contribution in [1.82, 2.24) is 9.78 Å². The Hall–Kier alpha value is -0.870. The Bertz CT molecular complexity index is 446. The van der Waals surface area contributed by atoms with E-state index in [1.54, 1.807) is 0 Å². The van der Waals surface area contributed by atoms with Crippen LogP contribution in [0.1, 0.15) is 50.3 Å². The maximum Gasteiger partial charge on any atom is 0.108 e. The van der Waals surface area contributed by atoms with Crippen LogP contribution in [0.25, 0.3) is 0 Å². The van der Waals surface area contributed by atoms with E-state index in [1.807, 2.05) is 12.3 Å². The Kier molecular flexibility index (Phi) is 2.55. The number of aromatic nitrogens is 2. The van der Waals surface area contributed by atoms with Gasteiger partial charge in [-0.15, -0.1) is 0 Å². The standard InChI is InChI=1S/C15H23N3O/c16-9-14(19)13-1-2-17-18(13)15-6-10-3-11(7-15)5-12(4-10)8-15/h1-2,10-12,14,19H,3-9,16H2. The third-order valence-corrected chi connectivity index (χ3v) is 5.69. The van der Waals surface area contributed by atoms with Gasteiger partial charge in [0, 0.05) is 12.7 Å². The molecular formula is C15H23N3O. The van der Waals surface area contributed by atoms with Crippen molar-refractivity contribution in [3.8, 4) is 0 Å². The molecule has 4 aliphatic carbocycles. The summed E-state index contributed by atoms with van der Waals surface area (Å²) in [5.74, 6) is 2.66. The molecule has 4 nitrogen and oxygen atoms in total. The Morgan fingerprint density at radius 1 is 1.26 bits per heavy atom. The van der Waals surface area contributed by atoms with Crippen molar-refractivity contribution < 1.29 is 5.11 Å². The second-order valence-electron chi connectivity index (χ2n) is 7.06. The van der Waals surface area contributed by atoms with Gasteiger partial charge in [0.05, 0.1) is 11.2 Å². The molecule has 1 heterocycles. The number of aliphatic hydroxyl groups excluding tert-OH is 1. The summed E-state index contributed by atoms with van der Waals surface area (Å²) in [5, 5.41) is 14.7. The molecule has 0 saturated heterocycles. The Balaban J connectivity index is 1.74. The van der Waals surface area contributed by atoms with Crippen molar-refractivity contribution in [1.29, 1.82) is 0 Å². The number of hydrogen-bond donors (Lipinski definition) is 2. The van der Waals surface area contributed by atoms with Crippen LogP contribution in [0.4, 0.5) is 0 Å². The van der Waals surface area contributed by atoms with Gasteiger partial charge in [0.1, 0.15) is 6.10 Å². The fourth-order valence-corrected chi connectivity index (χ4v) is 5.41. The van der Waals surface area contributed by atoms with Gasteiger partial charge in [0.15, 0.2) is 0 Å². The molecule has 0 aromatic carbocycles. The summed E-state index contributed by atoms with van der Waals surface area (Å²) in [4.78, 5) is 0. The molecule has 4 saturated carbocycles. The van der Waals surface area contributed by atoms with Gasteiger partial charge < -0.3 is 10.8 Å². The molecule has 1 unspecified atom stereocenters. The summed E-state index contributed by atoms with van der Waals surface area (Å²) >= 11 is 0. The zero-order chi connectivity index (χ0) is 13.0. The molecule has 4 heteroatoms. The summed E-state index contributed by atoms with van der Waals surface area (Å²) in [7, 11) is 0. The van der Waals surface area contributed by atoms with E-state index in [2.05, 4.69) is 9.78 Å². The van der Waals surface area contributed by atoms with Crippen molar-refractivity contribution >= 4 is 0 Å². The molecule has 0 spiro atoms. The van der Waals surface area contributed by atoms with Gasteiger partial charge >= 0.3 is 0 Å². The molecule has 4 aliphatic rings. The van der Waals surface area contributed by atoms with Crippen LogP contribution in [-0.2, 0) is 5.54 Å². The molecule has 0 amide bonds. The molecule has 0 aliphatic heterocycles. The molecule has 1 aromatic rings. The summed E-state index contributed by atoms with van der Waals surface area (Å²) in [5.41, 5.74) is 6.74. The van der Waals surface area contributed by atoms with Crippen LogP contribution in [0.3, 0.4) is 0 Å². The third kappa shape index (κ3) is 1.69. The van der Waals surface area contributed by atoms with Crippen LogP contribution in [0, 0.1) is 17.8 Å². The van der Waals surface area contributed by atoms with E-state index in [-0.39, 0.29) is 12.1 Å². The number of rotatable bonds is 3. The van der Waals surface area contributed by atoms with E-state index < -0.39 is 6.10 Å². The molecule has 1 atom stereocenters. The average molecular weight is 261 g/mol. The monoisotopic (exact) mass is 261 g/mol. The number of nitrogens with two attached hydrogens (primary N) is 1. The first-order valence-electron chi connectivity index (χ1n) is 7.63. The van der Waals surface area contributed by atoms with E-state index in [0.29, 0.717) is 0 Å². The van der Waals surface area contributed by atoms with Crippen molar-refractivity contribution in [2.45, 2.75) is 50.2 Å². The normalized spacial score (nSPS) is 41.7. The molecule has 19 heavy (non-hydrogen) atoms. The summed E-state index contributed by atoms with van der Waals surface area (Å²) < 4.78 is 2.15. The maximum absolute atomic E-state index is 10.1. The summed E-state index contributed by atoms with van der Waals surface area (Å²) in [6.45, 7) is 0.276. The van der Waals surface area contributed by atoms with Crippen molar-refractivity contribution in [3.05, 3.63) is 18.0 Å². The minimum atomic E-state index is -0.574. The number of nitrogens with zero attached hydrogens (tertiary/aromatic N) is 2. The predicted octanol–water partition coefficient (Wildman–Crippen LogP) is 1.80.